The molecule has 1 fully saturated rings. The van der Waals surface area contributed by atoms with Crippen LogP contribution in [0.3, 0.4) is 0 Å². The number of nitrogens with one attached hydrogen (secondary N) is 1. The molecule has 1 aliphatic heterocycles. The molecule has 1 aromatic rings. The molecule has 0 spiro atoms. The van der Waals surface area contributed by atoms with E-state index in [1.807, 2.05) is 4.90 Å². The van der Waals surface area contributed by atoms with Crippen LogP contribution in [0, 0.1) is 0 Å². The second-order valence-electron chi connectivity index (χ2n) is 4.67. The Hall–Kier alpha value is -0.430. The molecule has 20 heavy (non-hydrogen) atoms. The SMILES string of the molecule is Cl.Cl.Cn1cccc1[C@H](CC(F)(F)F)N1CCNCC1. The number of hydrogen-bond acceptors (Lipinski definition) is 2. The standard InChI is InChI=1S/C12H18F3N3.2ClH/c1-17-6-2-3-10(17)11(9-12(13,14)15)18-7-4-16-5-8-18;;/h2-3,6,11,16H,4-5,7-9H2,1H3;2*1H/t11-;;/m0../s1. The quantitative estimate of drug-likeness (QED) is 0.917. The van der Waals surface area contributed by atoms with Crippen molar-refractivity contribution in [1.82, 2.24) is 14.8 Å². The average molecular weight is 334 g/mol. The van der Waals surface area contributed by atoms with Crippen molar-refractivity contribution in [1.29, 1.82) is 0 Å². The lowest BCUT2D eigenvalue weighted by Crippen LogP contribution is -2.46. The highest BCUT2D eigenvalue weighted by molar-refractivity contribution is 5.85. The van der Waals surface area contributed by atoms with Crippen LogP contribution in [0.5, 0.6) is 0 Å². The Labute approximate surface area is 129 Å². The van der Waals surface area contributed by atoms with E-state index in [1.54, 1.807) is 29.9 Å². The second kappa shape index (κ2) is 8.12. The van der Waals surface area contributed by atoms with Gasteiger partial charge in [0.2, 0.25) is 0 Å². The molecule has 2 heterocycles. The Morgan fingerprint density at radius 3 is 2.30 bits per heavy atom. The summed E-state index contributed by atoms with van der Waals surface area (Å²) in [7, 11) is 1.79. The fourth-order valence-electron chi connectivity index (χ4n) is 2.45. The Morgan fingerprint density at radius 2 is 1.85 bits per heavy atom. The lowest BCUT2D eigenvalue weighted by Gasteiger charge is -2.35. The molecule has 0 aliphatic carbocycles. The average Bonchev–Trinajstić information content (AvgIpc) is 2.72. The first kappa shape index (κ1) is 19.6. The monoisotopic (exact) mass is 333 g/mol. The van der Waals surface area contributed by atoms with Crippen LogP contribution in [0.4, 0.5) is 13.2 Å². The van der Waals surface area contributed by atoms with E-state index in [9.17, 15) is 13.2 Å². The maximum atomic E-state index is 12.7. The van der Waals surface area contributed by atoms with Crippen molar-refractivity contribution >= 4 is 24.8 Å². The molecule has 1 aromatic heterocycles. The van der Waals surface area contributed by atoms with Crippen LogP contribution >= 0.6 is 24.8 Å². The lowest BCUT2D eigenvalue weighted by molar-refractivity contribution is -0.149. The molecule has 3 nitrogen and oxygen atoms in total. The molecule has 0 radical (unpaired) electrons. The molecule has 0 bridgehead atoms. The van der Waals surface area contributed by atoms with Gasteiger partial charge in [0.15, 0.2) is 0 Å². The number of aryl methyl sites for hydroxylation is 1. The molecule has 8 heteroatoms. The van der Waals surface area contributed by atoms with Gasteiger partial charge in [0.1, 0.15) is 0 Å². The fraction of sp³-hybridized carbons (Fsp3) is 0.667. The summed E-state index contributed by atoms with van der Waals surface area (Å²) in [4.78, 5) is 1.92. The van der Waals surface area contributed by atoms with Gasteiger partial charge in [-0.2, -0.15) is 13.2 Å². The maximum absolute atomic E-state index is 12.7. The van der Waals surface area contributed by atoms with Crippen molar-refractivity contribution in [2.24, 2.45) is 7.05 Å². The minimum absolute atomic E-state index is 0. The van der Waals surface area contributed by atoms with E-state index >= 15 is 0 Å². The van der Waals surface area contributed by atoms with E-state index < -0.39 is 18.6 Å². The highest BCUT2D eigenvalue weighted by Crippen LogP contribution is 2.33. The molecule has 2 rings (SSSR count). The zero-order valence-corrected chi connectivity index (χ0v) is 12.8. The largest absolute Gasteiger partial charge is 0.391 e. The number of halogens is 5. The zero-order chi connectivity index (χ0) is 13.2. The third-order valence-electron chi connectivity index (χ3n) is 3.34. The lowest BCUT2D eigenvalue weighted by atomic mass is 10.1. The summed E-state index contributed by atoms with van der Waals surface area (Å²) in [6, 6.07) is 2.99. The highest BCUT2D eigenvalue weighted by Gasteiger charge is 2.36. The van der Waals surface area contributed by atoms with E-state index in [1.165, 1.54) is 0 Å². The number of piperazine rings is 1. The van der Waals surface area contributed by atoms with Gasteiger partial charge >= 0.3 is 6.18 Å². The van der Waals surface area contributed by atoms with Gasteiger partial charge < -0.3 is 9.88 Å². The zero-order valence-electron chi connectivity index (χ0n) is 11.2. The first-order valence-corrected chi connectivity index (χ1v) is 6.10. The van der Waals surface area contributed by atoms with Gasteiger partial charge in [-0.05, 0) is 12.1 Å². The summed E-state index contributed by atoms with van der Waals surface area (Å²) in [5.74, 6) is 0. The van der Waals surface area contributed by atoms with Crippen molar-refractivity contribution in [3.63, 3.8) is 0 Å². The minimum Gasteiger partial charge on any atom is -0.353 e. The second-order valence-corrected chi connectivity index (χ2v) is 4.67. The van der Waals surface area contributed by atoms with Crippen molar-refractivity contribution in [2.45, 2.75) is 18.6 Å². The van der Waals surface area contributed by atoms with Crippen LogP contribution in [0.25, 0.3) is 0 Å². The first-order chi connectivity index (χ1) is 8.47. The molecule has 1 N–H and O–H groups in total. The topological polar surface area (TPSA) is 20.2 Å². The summed E-state index contributed by atoms with van der Waals surface area (Å²) < 4.78 is 40.0. The summed E-state index contributed by atoms with van der Waals surface area (Å²) in [5.41, 5.74) is 0.731. The summed E-state index contributed by atoms with van der Waals surface area (Å²) >= 11 is 0. The van der Waals surface area contributed by atoms with Crippen molar-refractivity contribution in [3.8, 4) is 0 Å². The van der Waals surface area contributed by atoms with E-state index in [-0.39, 0.29) is 24.8 Å². The number of alkyl halides is 3. The van der Waals surface area contributed by atoms with Crippen molar-refractivity contribution < 1.29 is 13.2 Å². The van der Waals surface area contributed by atoms with Crippen LogP contribution < -0.4 is 5.32 Å². The van der Waals surface area contributed by atoms with Gasteiger partial charge in [0.05, 0.1) is 12.5 Å². The van der Waals surface area contributed by atoms with Crippen molar-refractivity contribution in [2.75, 3.05) is 26.2 Å². The molecule has 0 saturated carbocycles. The van der Waals surface area contributed by atoms with Gasteiger partial charge in [-0.1, -0.05) is 0 Å². The molecule has 0 aromatic carbocycles. The maximum Gasteiger partial charge on any atom is 0.391 e. The van der Waals surface area contributed by atoms with E-state index in [2.05, 4.69) is 5.32 Å². The molecule has 0 unspecified atom stereocenters. The van der Waals surface area contributed by atoms with Crippen LogP contribution in [-0.4, -0.2) is 41.8 Å². The van der Waals surface area contributed by atoms with Gasteiger partial charge in [0.25, 0.3) is 0 Å². The number of aromatic nitrogens is 1. The molecular formula is C12H20Cl2F3N3. The summed E-state index contributed by atoms with van der Waals surface area (Å²) in [6.07, 6.45) is -3.13. The minimum atomic E-state index is -4.14. The van der Waals surface area contributed by atoms with Crippen LogP contribution in [0.1, 0.15) is 18.2 Å². The first-order valence-electron chi connectivity index (χ1n) is 6.10. The smallest absolute Gasteiger partial charge is 0.353 e. The normalized spacial score (nSPS) is 18.0. The predicted octanol–water partition coefficient (Wildman–Crippen LogP) is 2.77. The Balaban J connectivity index is 0.00000180. The summed E-state index contributed by atoms with van der Waals surface area (Å²) in [5, 5.41) is 3.16. The van der Waals surface area contributed by atoms with Crippen LogP contribution in [-0.2, 0) is 7.05 Å². The van der Waals surface area contributed by atoms with Gasteiger partial charge in [0, 0.05) is 45.1 Å². The molecule has 118 valence electrons. The Kier molecular flexibility index (Phi) is 7.95. The van der Waals surface area contributed by atoms with Crippen LogP contribution in [0.2, 0.25) is 0 Å². The molecule has 1 aliphatic rings. The van der Waals surface area contributed by atoms with Crippen molar-refractivity contribution in [3.05, 3.63) is 24.0 Å². The number of hydrogen-bond donors (Lipinski definition) is 1. The molecule has 0 amide bonds. The van der Waals surface area contributed by atoms with E-state index in [0.29, 0.717) is 13.1 Å². The Morgan fingerprint density at radius 1 is 1.25 bits per heavy atom. The van der Waals surface area contributed by atoms with Gasteiger partial charge in [-0.3, -0.25) is 4.90 Å². The third-order valence-corrected chi connectivity index (χ3v) is 3.34. The predicted molar refractivity (Wildman–Crippen MR) is 77.8 cm³/mol. The van der Waals surface area contributed by atoms with E-state index in [0.717, 1.165) is 18.8 Å². The fourth-order valence-corrected chi connectivity index (χ4v) is 2.45. The van der Waals surface area contributed by atoms with Crippen LogP contribution in [0.15, 0.2) is 18.3 Å². The third kappa shape index (κ3) is 5.16. The molecule has 1 saturated heterocycles. The highest BCUT2D eigenvalue weighted by atomic mass is 35.5. The summed E-state index contributed by atoms with van der Waals surface area (Å²) in [6.45, 7) is 2.81. The molecular weight excluding hydrogens is 314 g/mol. The van der Waals surface area contributed by atoms with E-state index in [4.69, 9.17) is 0 Å². The number of nitrogens with zero attached hydrogens (tertiary/aromatic N) is 2. The molecule has 1 atom stereocenters. The number of rotatable bonds is 3. The Bertz CT molecular complexity index is 390. The van der Waals surface area contributed by atoms with Gasteiger partial charge in [-0.25, -0.2) is 0 Å². The van der Waals surface area contributed by atoms with Gasteiger partial charge in [-0.15, -0.1) is 24.8 Å².